The van der Waals surface area contributed by atoms with Gasteiger partial charge < -0.3 is 9.88 Å². The molecule has 2 aromatic carbocycles. The number of carbonyl (C=O) groups is 1. The van der Waals surface area contributed by atoms with E-state index < -0.39 is 10.0 Å². The summed E-state index contributed by atoms with van der Waals surface area (Å²) in [6.45, 7) is 0.741. The van der Waals surface area contributed by atoms with Crippen molar-refractivity contribution in [2.24, 2.45) is 5.14 Å². The molecule has 0 aliphatic carbocycles. The van der Waals surface area contributed by atoms with Gasteiger partial charge in [0.1, 0.15) is 6.54 Å². The molecule has 3 aromatic rings. The molecule has 3 N–H and O–H groups in total. The van der Waals surface area contributed by atoms with Crippen molar-refractivity contribution < 1.29 is 13.2 Å². The molecule has 0 fully saturated rings. The third kappa shape index (κ3) is 4.26. The number of nitrogens with one attached hydrogen (secondary N) is 1. The van der Waals surface area contributed by atoms with Crippen LogP contribution in [0.3, 0.4) is 0 Å². The molecule has 0 bridgehead atoms. The van der Waals surface area contributed by atoms with E-state index in [9.17, 15) is 13.2 Å². The number of amides is 1. The van der Waals surface area contributed by atoms with Crippen LogP contribution in [0.25, 0.3) is 10.9 Å². The second-order valence-electron chi connectivity index (χ2n) is 5.79. The van der Waals surface area contributed by atoms with E-state index in [0.29, 0.717) is 13.0 Å². The van der Waals surface area contributed by atoms with Gasteiger partial charge in [0, 0.05) is 18.3 Å². The second-order valence-corrected chi connectivity index (χ2v) is 7.35. The van der Waals surface area contributed by atoms with E-state index in [1.807, 2.05) is 41.1 Å². The molecule has 130 valence electrons. The van der Waals surface area contributed by atoms with Gasteiger partial charge in [0.15, 0.2) is 0 Å². The fourth-order valence-corrected chi connectivity index (χ4v) is 3.20. The molecule has 0 aliphatic heterocycles. The standard InChI is InChI=1S/C18H19N3O3S/c19-25(23,24)16-7-5-14(6-8-16)9-11-20-18(22)13-21-12-10-15-3-1-2-4-17(15)21/h1-8,10,12H,9,11,13H2,(H,20,22)(H2,19,23,24). The van der Waals surface area contributed by atoms with Crippen LogP contribution in [0.1, 0.15) is 5.56 Å². The number of nitrogens with two attached hydrogens (primary N) is 1. The van der Waals surface area contributed by atoms with Crippen molar-refractivity contribution in [3.8, 4) is 0 Å². The number of rotatable bonds is 6. The maximum atomic E-state index is 12.1. The Morgan fingerprint density at radius 2 is 1.76 bits per heavy atom. The van der Waals surface area contributed by atoms with Gasteiger partial charge in [0.05, 0.1) is 4.90 Å². The van der Waals surface area contributed by atoms with Crippen molar-refractivity contribution in [3.63, 3.8) is 0 Å². The maximum Gasteiger partial charge on any atom is 0.239 e. The highest BCUT2D eigenvalue weighted by molar-refractivity contribution is 7.89. The van der Waals surface area contributed by atoms with E-state index >= 15 is 0 Å². The molecule has 0 radical (unpaired) electrons. The summed E-state index contributed by atoms with van der Waals surface area (Å²) in [6.07, 6.45) is 2.51. The van der Waals surface area contributed by atoms with Crippen LogP contribution >= 0.6 is 0 Å². The summed E-state index contributed by atoms with van der Waals surface area (Å²) < 4.78 is 24.3. The zero-order chi connectivity index (χ0) is 17.9. The molecule has 6 nitrogen and oxygen atoms in total. The van der Waals surface area contributed by atoms with Crippen molar-refractivity contribution in [2.45, 2.75) is 17.9 Å². The molecule has 1 aromatic heterocycles. The summed E-state index contributed by atoms with van der Waals surface area (Å²) in [5.74, 6) is -0.0671. The number of sulfonamides is 1. The van der Waals surface area contributed by atoms with Crippen LogP contribution in [-0.4, -0.2) is 25.4 Å². The van der Waals surface area contributed by atoms with Crippen LogP contribution in [0.15, 0.2) is 65.7 Å². The largest absolute Gasteiger partial charge is 0.354 e. The Bertz CT molecular complexity index is 992. The predicted molar refractivity (Wildman–Crippen MR) is 96.5 cm³/mol. The number of aromatic nitrogens is 1. The molecular formula is C18H19N3O3S. The fourth-order valence-electron chi connectivity index (χ4n) is 2.68. The molecular weight excluding hydrogens is 338 g/mol. The van der Waals surface area contributed by atoms with Crippen LogP contribution in [0, 0.1) is 0 Å². The van der Waals surface area contributed by atoms with E-state index in [-0.39, 0.29) is 17.3 Å². The van der Waals surface area contributed by atoms with Gasteiger partial charge in [0.2, 0.25) is 15.9 Å². The average molecular weight is 357 g/mol. The normalized spacial score (nSPS) is 11.6. The summed E-state index contributed by atoms with van der Waals surface area (Å²) in [4.78, 5) is 12.2. The molecule has 7 heteroatoms. The lowest BCUT2D eigenvalue weighted by Gasteiger charge is -2.08. The molecule has 0 unspecified atom stereocenters. The Balaban J connectivity index is 1.53. The molecule has 0 atom stereocenters. The summed E-state index contributed by atoms with van der Waals surface area (Å²) >= 11 is 0. The zero-order valence-electron chi connectivity index (χ0n) is 13.6. The number of benzene rings is 2. The zero-order valence-corrected chi connectivity index (χ0v) is 14.4. The minimum atomic E-state index is -3.67. The van der Waals surface area contributed by atoms with Crippen molar-refractivity contribution in [1.82, 2.24) is 9.88 Å². The first-order valence-corrected chi connectivity index (χ1v) is 9.40. The monoisotopic (exact) mass is 357 g/mol. The van der Waals surface area contributed by atoms with Crippen LogP contribution < -0.4 is 10.5 Å². The second kappa shape index (κ2) is 7.08. The Labute approximate surface area is 146 Å². The Morgan fingerprint density at radius 3 is 2.48 bits per heavy atom. The smallest absolute Gasteiger partial charge is 0.239 e. The summed E-state index contributed by atoms with van der Waals surface area (Å²) in [7, 11) is -3.67. The van der Waals surface area contributed by atoms with E-state index in [0.717, 1.165) is 16.5 Å². The Morgan fingerprint density at radius 1 is 1.04 bits per heavy atom. The fraction of sp³-hybridized carbons (Fsp3) is 0.167. The quantitative estimate of drug-likeness (QED) is 0.702. The summed E-state index contributed by atoms with van der Waals surface area (Å²) in [5.41, 5.74) is 1.95. The summed E-state index contributed by atoms with van der Waals surface area (Å²) in [6, 6.07) is 16.2. The predicted octanol–water partition coefficient (Wildman–Crippen LogP) is 1.65. The lowest BCUT2D eigenvalue weighted by Crippen LogP contribution is -2.29. The number of nitrogens with zero attached hydrogens (tertiary/aromatic N) is 1. The third-order valence-electron chi connectivity index (χ3n) is 3.98. The van der Waals surface area contributed by atoms with Gasteiger partial charge >= 0.3 is 0 Å². The van der Waals surface area contributed by atoms with Gasteiger partial charge in [-0.1, -0.05) is 30.3 Å². The van der Waals surface area contributed by atoms with Crippen LogP contribution in [0.4, 0.5) is 0 Å². The SMILES string of the molecule is NS(=O)(=O)c1ccc(CCNC(=O)Cn2ccc3ccccc32)cc1. The highest BCUT2D eigenvalue weighted by Crippen LogP contribution is 2.14. The molecule has 1 amide bonds. The van der Waals surface area contributed by atoms with Crippen molar-refractivity contribution >= 4 is 26.8 Å². The minimum absolute atomic E-state index is 0.0671. The highest BCUT2D eigenvalue weighted by Gasteiger charge is 2.08. The summed E-state index contributed by atoms with van der Waals surface area (Å²) in [5, 5.41) is 9.04. The average Bonchev–Trinajstić information content (AvgIpc) is 2.98. The van der Waals surface area contributed by atoms with Gasteiger partial charge in [-0.25, -0.2) is 13.6 Å². The van der Waals surface area contributed by atoms with Crippen molar-refractivity contribution in [2.75, 3.05) is 6.54 Å². The molecule has 0 saturated carbocycles. The molecule has 0 aliphatic rings. The van der Waals surface area contributed by atoms with Crippen molar-refractivity contribution in [1.29, 1.82) is 0 Å². The number of hydrogen-bond acceptors (Lipinski definition) is 3. The Kier molecular flexibility index (Phi) is 4.87. The molecule has 3 rings (SSSR count). The number of carbonyl (C=O) groups excluding carboxylic acids is 1. The van der Waals surface area contributed by atoms with Gasteiger partial charge in [0.25, 0.3) is 0 Å². The van der Waals surface area contributed by atoms with Crippen LogP contribution in [0.5, 0.6) is 0 Å². The lowest BCUT2D eigenvalue weighted by atomic mass is 10.1. The van der Waals surface area contributed by atoms with Crippen LogP contribution in [-0.2, 0) is 27.8 Å². The van der Waals surface area contributed by atoms with Gasteiger partial charge in [-0.15, -0.1) is 0 Å². The Hall–Kier alpha value is -2.64. The number of para-hydroxylation sites is 1. The van der Waals surface area contributed by atoms with Gasteiger partial charge in [-0.3, -0.25) is 4.79 Å². The highest BCUT2D eigenvalue weighted by atomic mass is 32.2. The molecule has 25 heavy (non-hydrogen) atoms. The molecule has 0 saturated heterocycles. The van der Waals surface area contributed by atoms with Crippen molar-refractivity contribution in [3.05, 3.63) is 66.4 Å². The topological polar surface area (TPSA) is 94.2 Å². The van der Waals surface area contributed by atoms with Gasteiger partial charge in [-0.2, -0.15) is 0 Å². The number of primary sulfonamides is 1. The van der Waals surface area contributed by atoms with E-state index in [2.05, 4.69) is 5.32 Å². The lowest BCUT2D eigenvalue weighted by molar-refractivity contribution is -0.121. The maximum absolute atomic E-state index is 12.1. The van der Waals surface area contributed by atoms with Crippen LogP contribution in [0.2, 0.25) is 0 Å². The minimum Gasteiger partial charge on any atom is -0.354 e. The van der Waals surface area contributed by atoms with E-state index in [1.54, 1.807) is 12.1 Å². The molecule has 1 heterocycles. The first-order chi connectivity index (χ1) is 11.9. The van der Waals surface area contributed by atoms with E-state index in [1.165, 1.54) is 12.1 Å². The van der Waals surface area contributed by atoms with Gasteiger partial charge in [-0.05, 0) is 41.6 Å². The van der Waals surface area contributed by atoms with E-state index in [4.69, 9.17) is 5.14 Å². The first-order valence-electron chi connectivity index (χ1n) is 7.86. The third-order valence-corrected chi connectivity index (χ3v) is 4.91. The molecule has 0 spiro atoms. The number of fused-ring (bicyclic) bond motifs is 1. The first kappa shape index (κ1) is 17.2. The number of hydrogen-bond donors (Lipinski definition) is 2.